The number of rotatable bonds is 3. The highest BCUT2D eigenvalue weighted by molar-refractivity contribution is 5.85. The molecular formula is C10H13N7O. The van der Waals surface area contributed by atoms with Crippen molar-refractivity contribution in [1.29, 1.82) is 0 Å². The van der Waals surface area contributed by atoms with Crippen molar-refractivity contribution in [2.75, 3.05) is 18.0 Å². The van der Waals surface area contributed by atoms with Gasteiger partial charge in [0.2, 0.25) is 5.91 Å². The molecule has 1 fully saturated rings. The number of amides is 1. The van der Waals surface area contributed by atoms with Gasteiger partial charge in [0.05, 0.1) is 5.92 Å². The van der Waals surface area contributed by atoms with Gasteiger partial charge >= 0.3 is 0 Å². The van der Waals surface area contributed by atoms with E-state index in [4.69, 9.17) is 5.73 Å². The Morgan fingerprint density at radius 2 is 2.28 bits per heavy atom. The average molecular weight is 247 g/mol. The molecule has 0 atom stereocenters. The zero-order valence-electron chi connectivity index (χ0n) is 9.94. The Kier molecular flexibility index (Phi) is 2.35. The van der Waals surface area contributed by atoms with Crippen LogP contribution in [0, 0.1) is 5.92 Å². The maximum Gasteiger partial charge on any atom is 0.224 e. The third-order valence-electron chi connectivity index (χ3n) is 3.16. The monoisotopic (exact) mass is 247 g/mol. The third-order valence-corrected chi connectivity index (χ3v) is 3.16. The first-order valence-corrected chi connectivity index (χ1v) is 5.79. The van der Waals surface area contributed by atoms with Crippen LogP contribution in [0.1, 0.15) is 6.92 Å². The lowest BCUT2D eigenvalue weighted by Crippen LogP contribution is -2.53. The fourth-order valence-electron chi connectivity index (χ4n) is 2.06. The Bertz CT molecular complexity index is 601. The van der Waals surface area contributed by atoms with E-state index in [2.05, 4.69) is 20.3 Å². The Labute approximate surface area is 103 Å². The van der Waals surface area contributed by atoms with Gasteiger partial charge in [0.25, 0.3) is 0 Å². The minimum atomic E-state index is -0.270. The van der Waals surface area contributed by atoms with Crippen molar-refractivity contribution in [3.8, 4) is 0 Å². The quantitative estimate of drug-likeness (QED) is 0.758. The summed E-state index contributed by atoms with van der Waals surface area (Å²) in [4.78, 5) is 21.4. The topological polar surface area (TPSA) is 103 Å². The molecule has 0 saturated carbocycles. The second kappa shape index (κ2) is 3.90. The minimum Gasteiger partial charge on any atom is -0.369 e. The number of fused-ring (bicyclic) bond motifs is 1. The molecule has 18 heavy (non-hydrogen) atoms. The highest BCUT2D eigenvalue weighted by atomic mass is 16.1. The molecule has 8 heteroatoms. The van der Waals surface area contributed by atoms with Crippen LogP contribution in [0.5, 0.6) is 0 Å². The van der Waals surface area contributed by atoms with Crippen molar-refractivity contribution in [2.45, 2.75) is 13.5 Å². The molecule has 8 nitrogen and oxygen atoms in total. The third kappa shape index (κ3) is 1.49. The fraction of sp³-hybridized carbons (Fsp3) is 0.500. The first-order chi connectivity index (χ1) is 8.70. The van der Waals surface area contributed by atoms with Crippen molar-refractivity contribution >= 4 is 22.9 Å². The number of hydrogen-bond acceptors (Lipinski definition) is 6. The molecule has 2 aromatic heterocycles. The van der Waals surface area contributed by atoms with Gasteiger partial charge in [-0.05, 0) is 6.92 Å². The number of nitrogens with zero attached hydrogens (tertiary/aromatic N) is 6. The summed E-state index contributed by atoms with van der Waals surface area (Å²) in [5, 5.41) is 8.11. The predicted octanol–water partition coefficient (Wildman–Crippen LogP) is -0.837. The summed E-state index contributed by atoms with van der Waals surface area (Å²) < 4.78 is 1.71. The largest absolute Gasteiger partial charge is 0.369 e. The molecule has 3 heterocycles. The van der Waals surface area contributed by atoms with Gasteiger partial charge in [-0.2, -0.15) is 0 Å². The summed E-state index contributed by atoms with van der Waals surface area (Å²) in [6.45, 7) is 3.85. The van der Waals surface area contributed by atoms with Crippen LogP contribution in [0.15, 0.2) is 6.33 Å². The normalized spacial score (nSPS) is 15.9. The van der Waals surface area contributed by atoms with Crippen LogP contribution < -0.4 is 10.6 Å². The van der Waals surface area contributed by atoms with Crippen LogP contribution in [-0.4, -0.2) is 44.0 Å². The van der Waals surface area contributed by atoms with Crippen molar-refractivity contribution in [3.63, 3.8) is 0 Å². The van der Waals surface area contributed by atoms with E-state index in [0.29, 0.717) is 30.8 Å². The van der Waals surface area contributed by atoms with Crippen LogP contribution in [0.4, 0.5) is 5.82 Å². The summed E-state index contributed by atoms with van der Waals surface area (Å²) in [7, 11) is 0. The standard InChI is InChI=1S/C10H13N7O/c1-2-17-10-7(14-15-17)9(12-5-13-10)16-3-6(4-16)8(11)18/h5-6H,2-4H2,1H3,(H2,11,18). The van der Waals surface area contributed by atoms with Gasteiger partial charge in [-0.15, -0.1) is 5.10 Å². The molecule has 0 aromatic carbocycles. The number of aromatic nitrogens is 5. The predicted molar refractivity (Wildman–Crippen MR) is 63.7 cm³/mol. The number of primary amides is 1. The lowest BCUT2D eigenvalue weighted by molar-refractivity contribution is -0.122. The van der Waals surface area contributed by atoms with Crippen molar-refractivity contribution in [1.82, 2.24) is 25.0 Å². The molecule has 1 saturated heterocycles. The van der Waals surface area contributed by atoms with Crippen LogP contribution in [0.3, 0.4) is 0 Å². The van der Waals surface area contributed by atoms with E-state index in [9.17, 15) is 4.79 Å². The van der Waals surface area contributed by atoms with Crippen molar-refractivity contribution in [2.24, 2.45) is 11.7 Å². The van der Waals surface area contributed by atoms with Gasteiger partial charge in [-0.1, -0.05) is 5.21 Å². The summed E-state index contributed by atoms with van der Waals surface area (Å²) in [5.74, 6) is 0.349. The first kappa shape index (κ1) is 10.9. The van der Waals surface area contributed by atoms with E-state index in [-0.39, 0.29) is 11.8 Å². The van der Waals surface area contributed by atoms with Crippen LogP contribution in [0.2, 0.25) is 0 Å². The zero-order valence-corrected chi connectivity index (χ0v) is 9.94. The van der Waals surface area contributed by atoms with Crippen molar-refractivity contribution < 1.29 is 4.79 Å². The number of nitrogens with two attached hydrogens (primary N) is 1. The molecule has 3 rings (SSSR count). The molecule has 1 aliphatic rings. The number of anilines is 1. The van der Waals surface area contributed by atoms with E-state index in [0.717, 1.165) is 5.82 Å². The van der Waals surface area contributed by atoms with Gasteiger partial charge in [-0.25, -0.2) is 14.6 Å². The smallest absolute Gasteiger partial charge is 0.224 e. The Morgan fingerprint density at radius 3 is 2.94 bits per heavy atom. The molecule has 2 N–H and O–H groups in total. The maximum absolute atomic E-state index is 11.0. The first-order valence-electron chi connectivity index (χ1n) is 5.79. The maximum atomic E-state index is 11.0. The average Bonchev–Trinajstić information content (AvgIpc) is 2.70. The summed E-state index contributed by atoms with van der Waals surface area (Å²) >= 11 is 0. The second-order valence-corrected chi connectivity index (χ2v) is 4.28. The zero-order chi connectivity index (χ0) is 12.7. The summed E-state index contributed by atoms with van der Waals surface area (Å²) in [6.07, 6.45) is 1.49. The molecular weight excluding hydrogens is 234 g/mol. The van der Waals surface area contributed by atoms with Crippen LogP contribution in [-0.2, 0) is 11.3 Å². The fourth-order valence-corrected chi connectivity index (χ4v) is 2.06. The molecule has 0 aliphatic carbocycles. The van der Waals surface area contributed by atoms with Gasteiger partial charge in [-0.3, -0.25) is 4.79 Å². The van der Waals surface area contributed by atoms with Gasteiger partial charge < -0.3 is 10.6 Å². The molecule has 0 radical (unpaired) electrons. The molecule has 2 aromatic rings. The highest BCUT2D eigenvalue weighted by Gasteiger charge is 2.33. The van der Waals surface area contributed by atoms with Gasteiger partial charge in [0, 0.05) is 19.6 Å². The molecule has 1 aliphatic heterocycles. The van der Waals surface area contributed by atoms with E-state index >= 15 is 0 Å². The Balaban J connectivity index is 1.94. The number of carbonyl (C=O) groups is 1. The second-order valence-electron chi connectivity index (χ2n) is 4.28. The minimum absolute atomic E-state index is 0.101. The number of hydrogen-bond donors (Lipinski definition) is 1. The van der Waals surface area contributed by atoms with Gasteiger partial charge in [0.15, 0.2) is 17.0 Å². The molecule has 0 unspecified atom stereocenters. The Hall–Kier alpha value is -2.25. The molecule has 1 amide bonds. The van der Waals surface area contributed by atoms with E-state index in [1.165, 1.54) is 6.33 Å². The number of carbonyl (C=O) groups excluding carboxylic acids is 1. The van der Waals surface area contributed by atoms with E-state index < -0.39 is 0 Å². The summed E-state index contributed by atoms with van der Waals surface area (Å²) in [5.41, 5.74) is 6.63. The van der Waals surface area contributed by atoms with E-state index in [1.54, 1.807) is 4.68 Å². The molecule has 0 bridgehead atoms. The summed E-state index contributed by atoms with van der Waals surface area (Å²) in [6, 6.07) is 0. The molecule has 0 spiro atoms. The lowest BCUT2D eigenvalue weighted by Gasteiger charge is -2.37. The number of aryl methyl sites for hydroxylation is 1. The van der Waals surface area contributed by atoms with Crippen molar-refractivity contribution in [3.05, 3.63) is 6.33 Å². The highest BCUT2D eigenvalue weighted by Crippen LogP contribution is 2.27. The van der Waals surface area contributed by atoms with Gasteiger partial charge in [0.1, 0.15) is 6.33 Å². The molecule has 94 valence electrons. The van der Waals surface area contributed by atoms with E-state index in [1.807, 2.05) is 11.8 Å². The Morgan fingerprint density at radius 1 is 1.50 bits per heavy atom. The van der Waals surface area contributed by atoms with Crippen LogP contribution in [0.25, 0.3) is 11.2 Å². The lowest BCUT2D eigenvalue weighted by atomic mass is 10.00. The van der Waals surface area contributed by atoms with Crippen LogP contribution >= 0.6 is 0 Å². The SMILES string of the molecule is CCn1nnc2c(N3CC(C(N)=O)C3)ncnc21.